The van der Waals surface area contributed by atoms with Gasteiger partial charge in [-0.3, -0.25) is 0 Å². The van der Waals surface area contributed by atoms with E-state index in [4.69, 9.17) is 5.11 Å². The Morgan fingerprint density at radius 1 is 1.20 bits per heavy atom. The molecule has 1 aromatic rings. The summed E-state index contributed by atoms with van der Waals surface area (Å²) < 4.78 is 70.3. The topological polar surface area (TPSA) is 54.4 Å². The molecule has 0 saturated carbocycles. The van der Waals surface area contributed by atoms with Crippen molar-refractivity contribution in [3.8, 4) is 5.75 Å². The van der Waals surface area contributed by atoms with E-state index in [0.717, 1.165) is 0 Å². The minimum absolute atomic E-state index is 0.290. The molecule has 0 heterocycles. The first-order chi connectivity index (χ1) is 6.66. The second kappa shape index (κ2) is 3.37. The highest BCUT2D eigenvalue weighted by Crippen LogP contribution is 2.32. The SMILES string of the molecule is O=S(=O)(c1ccc(O)cc1F)C(F)(F)F. The van der Waals surface area contributed by atoms with Crippen LogP contribution in [0.3, 0.4) is 0 Å². The van der Waals surface area contributed by atoms with E-state index in [0.29, 0.717) is 18.2 Å². The Morgan fingerprint density at radius 3 is 2.13 bits per heavy atom. The van der Waals surface area contributed by atoms with Crippen molar-refractivity contribution < 1.29 is 31.1 Å². The fourth-order valence-corrected chi connectivity index (χ4v) is 1.64. The maximum Gasteiger partial charge on any atom is 0.502 e. The Kier molecular flexibility index (Phi) is 2.64. The Morgan fingerprint density at radius 2 is 1.73 bits per heavy atom. The van der Waals surface area contributed by atoms with Crippen LogP contribution in [0.15, 0.2) is 23.1 Å². The van der Waals surface area contributed by atoms with Crippen molar-refractivity contribution in [1.82, 2.24) is 0 Å². The summed E-state index contributed by atoms with van der Waals surface area (Å²) in [6.07, 6.45) is 0. The third-order valence-electron chi connectivity index (χ3n) is 1.51. The number of benzene rings is 1. The number of hydrogen-bond acceptors (Lipinski definition) is 3. The molecule has 0 radical (unpaired) electrons. The predicted molar refractivity (Wildman–Crippen MR) is 41.3 cm³/mol. The van der Waals surface area contributed by atoms with Gasteiger partial charge >= 0.3 is 5.51 Å². The lowest BCUT2D eigenvalue weighted by atomic mass is 10.3. The van der Waals surface area contributed by atoms with Crippen LogP contribution in [-0.4, -0.2) is 19.0 Å². The monoisotopic (exact) mass is 244 g/mol. The summed E-state index contributed by atoms with van der Waals surface area (Å²) in [7, 11) is -5.71. The van der Waals surface area contributed by atoms with Gasteiger partial charge in [0, 0.05) is 6.07 Å². The van der Waals surface area contributed by atoms with E-state index >= 15 is 0 Å². The number of alkyl halides is 3. The van der Waals surface area contributed by atoms with E-state index in [-0.39, 0.29) is 0 Å². The summed E-state index contributed by atoms with van der Waals surface area (Å²) in [5.41, 5.74) is -5.56. The van der Waals surface area contributed by atoms with Gasteiger partial charge in [-0.2, -0.15) is 13.2 Å². The summed E-state index contributed by atoms with van der Waals surface area (Å²) >= 11 is 0. The Hall–Kier alpha value is -1.31. The molecule has 0 fully saturated rings. The highest BCUT2D eigenvalue weighted by atomic mass is 32.2. The maximum absolute atomic E-state index is 12.8. The van der Waals surface area contributed by atoms with Crippen molar-refractivity contribution in [1.29, 1.82) is 0 Å². The molecule has 0 bridgehead atoms. The first kappa shape index (κ1) is 11.8. The Labute approximate surface area is 81.9 Å². The molecule has 1 rings (SSSR count). The third kappa shape index (κ3) is 2.04. The number of hydrogen-bond donors (Lipinski definition) is 1. The van der Waals surface area contributed by atoms with Crippen LogP contribution in [0.25, 0.3) is 0 Å². The molecular formula is C7H4F4O3S. The third-order valence-corrected chi connectivity index (χ3v) is 3.03. The second-order valence-electron chi connectivity index (χ2n) is 2.56. The molecule has 0 atom stereocenters. The van der Waals surface area contributed by atoms with Crippen LogP contribution < -0.4 is 0 Å². The summed E-state index contributed by atoms with van der Waals surface area (Å²) in [5, 5.41) is 8.69. The van der Waals surface area contributed by atoms with Crippen molar-refractivity contribution in [2.75, 3.05) is 0 Å². The molecular weight excluding hydrogens is 240 g/mol. The van der Waals surface area contributed by atoms with Crippen molar-refractivity contribution in [3.63, 3.8) is 0 Å². The highest BCUT2D eigenvalue weighted by Gasteiger charge is 2.48. The summed E-state index contributed by atoms with van der Waals surface area (Å²) in [5.74, 6) is -2.30. The number of phenols is 1. The van der Waals surface area contributed by atoms with Gasteiger partial charge in [-0.25, -0.2) is 12.8 Å². The first-order valence-corrected chi connectivity index (χ1v) is 4.94. The highest BCUT2D eigenvalue weighted by molar-refractivity contribution is 7.92. The Balaban J connectivity index is 3.42. The summed E-state index contributed by atoms with van der Waals surface area (Å²) in [6, 6.07) is 1.30. The van der Waals surface area contributed by atoms with Crippen molar-refractivity contribution in [3.05, 3.63) is 24.0 Å². The van der Waals surface area contributed by atoms with E-state index in [1.165, 1.54) is 0 Å². The van der Waals surface area contributed by atoms with E-state index in [9.17, 15) is 26.0 Å². The Bertz CT molecular complexity index is 477. The predicted octanol–water partition coefficient (Wildman–Crippen LogP) is 1.82. The molecule has 1 N–H and O–H groups in total. The van der Waals surface area contributed by atoms with E-state index < -0.39 is 31.8 Å². The summed E-state index contributed by atoms with van der Waals surface area (Å²) in [4.78, 5) is -1.51. The largest absolute Gasteiger partial charge is 0.508 e. The van der Waals surface area contributed by atoms with Crippen LogP contribution >= 0.6 is 0 Å². The van der Waals surface area contributed by atoms with Crippen LogP contribution in [-0.2, 0) is 9.84 Å². The minimum Gasteiger partial charge on any atom is -0.508 e. The molecule has 3 nitrogen and oxygen atoms in total. The van der Waals surface area contributed by atoms with Crippen LogP contribution in [0.1, 0.15) is 0 Å². The lowest BCUT2D eigenvalue weighted by Gasteiger charge is -2.08. The quantitative estimate of drug-likeness (QED) is 0.766. The molecule has 1 aromatic carbocycles. The van der Waals surface area contributed by atoms with Gasteiger partial charge in [0.15, 0.2) is 0 Å². The molecule has 0 amide bonds. The molecule has 0 aliphatic carbocycles. The summed E-state index contributed by atoms with van der Waals surface area (Å²) in [6.45, 7) is 0. The average molecular weight is 244 g/mol. The van der Waals surface area contributed by atoms with Crippen LogP contribution in [0.2, 0.25) is 0 Å². The molecule has 0 spiro atoms. The molecule has 8 heteroatoms. The molecule has 0 saturated heterocycles. The van der Waals surface area contributed by atoms with E-state index in [1.807, 2.05) is 0 Å². The number of aromatic hydroxyl groups is 1. The lowest BCUT2D eigenvalue weighted by Crippen LogP contribution is -2.24. The molecule has 0 unspecified atom stereocenters. The second-order valence-corrected chi connectivity index (χ2v) is 4.47. The van der Waals surface area contributed by atoms with Gasteiger partial charge in [0.05, 0.1) is 0 Å². The van der Waals surface area contributed by atoms with E-state index in [2.05, 4.69) is 0 Å². The zero-order valence-electron chi connectivity index (χ0n) is 6.92. The van der Waals surface area contributed by atoms with E-state index in [1.54, 1.807) is 0 Å². The van der Waals surface area contributed by atoms with Gasteiger partial charge in [-0.15, -0.1) is 0 Å². The standard InChI is InChI=1S/C7H4F4O3S/c8-5-3-4(12)1-2-6(5)15(13,14)7(9,10)11/h1-3,12H. The van der Waals surface area contributed by atoms with Crippen LogP contribution in [0.4, 0.5) is 17.6 Å². The van der Waals surface area contributed by atoms with Crippen LogP contribution in [0.5, 0.6) is 5.75 Å². The molecule has 15 heavy (non-hydrogen) atoms. The lowest BCUT2D eigenvalue weighted by molar-refractivity contribution is -0.0437. The molecule has 0 aromatic heterocycles. The minimum atomic E-state index is -5.71. The zero-order valence-corrected chi connectivity index (χ0v) is 7.73. The molecule has 0 aliphatic rings. The number of phenolic OH excluding ortho intramolecular Hbond substituents is 1. The zero-order chi connectivity index (χ0) is 11.9. The van der Waals surface area contributed by atoms with Gasteiger partial charge in [-0.05, 0) is 12.1 Å². The van der Waals surface area contributed by atoms with Gasteiger partial charge in [0.25, 0.3) is 9.84 Å². The normalized spacial score (nSPS) is 12.8. The van der Waals surface area contributed by atoms with Gasteiger partial charge in [0.2, 0.25) is 0 Å². The number of sulfone groups is 1. The van der Waals surface area contributed by atoms with Gasteiger partial charge < -0.3 is 5.11 Å². The number of halogens is 4. The first-order valence-electron chi connectivity index (χ1n) is 3.46. The van der Waals surface area contributed by atoms with Gasteiger partial charge in [-0.1, -0.05) is 0 Å². The maximum atomic E-state index is 12.8. The van der Waals surface area contributed by atoms with Crippen LogP contribution in [0, 0.1) is 5.82 Å². The fraction of sp³-hybridized carbons (Fsp3) is 0.143. The smallest absolute Gasteiger partial charge is 0.502 e. The van der Waals surface area contributed by atoms with Crippen molar-refractivity contribution >= 4 is 9.84 Å². The van der Waals surface area contributed by atoms with Crippen molar-refractivity contribution in [2.24, 2.45) is 0 Å². The molecule has 84 valence electrons. The molecule has 0 aliphatic heterocycles. The van der Waals surface area contributed by atoms with Gasteiger partial charge in [0.1, 0.15) is 16.5 Å². The average Bonchev–Trinajstić information content (AvgIpc) is 2.00. The number of rotatable bonds is 1. The van der Waals surface area contributed by atoms with Crippen molar-refractivity contribution in [2.45, 2.75) is 10.4 Å². The fourth-order valence-electron chi connectivity index (χ4n) is 0.832.